The highest BCUT2D eigenvalue weighted by atomic mass is 32.1. The summed E-state index contributed by atoms with van der Waals surface area (Å²) in [6.45, 7) is 0.644. The first-order valence-corrected chi connectivity index (χ1v) is 8.25. The van der Waals surface area contributed by atoms with E-state index < -0.39 is 30.3 Å². The maximum atomic E-state index is 13.4. The molecule has 1 N–H and O–H groups in total. The molecule has 1 saturated heterocycles. The molecule has 0 saturated carbocycles. The van der Waals surface area contributed by atoms with Gasteiger partial charge in [0.25, 0.3) is 11.8 Å². The van der Waals surface area contributed by atoms with E-state index in [9.17, 15) is 18.4 Å². The van der Waals surface area contributed by atoms with Crippen molar-refractivity contribution in [2.24, 2.45) is 0 Å². The van der Waals surface area contributed by atoms with Crippen LogP contribution in [0.1, 0.15) is 23.7 Å². The van der Waals surface area contributed by atoms with E-state index in [1.807, 2.05) is 0 Å². The number of nitrogens with one attached hydrogen (secondary N) is 1. The number of fused-ring (bicyclic) bond motifs is 1. The number of thiol groups is 1. The molecule has 3 rings (SSSR count). The minimum absolute atomic E-state index is 0.326. The van der Waals surface area contributed by atoms with Gasteiger partial charge >= 0.3 is 0 Å². The first-order chi connectivity index (χ1) is 11.8. The smallest absolute Gasteiger partial charge is 0.267 e. The number of pyridine rings is 1. The van der Waals surface area contributed by atoms with Crippen LogP contribution < -0.4 is 5.32 Å². The fraction of sp³-hybridized carbons (Fsp3) is 0.353. The largest absolute Gasteiger partial charge is 0.343 e. The predicted molar refractivity (Wildman–Crippen MR) is 92.1 cm³/mol. The van der Waals surface area contributed by atoms with Gasteiger partial charge in [-0.25, -0.2) is 8.78 Å². The lowest BCUT2D eigenvalue weighted by molar-refractivity contribution is -0.131. The summed E-state index contributed by atoms with van der Waals surface area (Å²) in [6, 6.07) is 6.20. The lowest BCUT2D eigenvalue weighted by atomic mass is 10.1. The Kier molecular flexibility index (Phi) is 4.64. The Hall–Kier alpha value is -2.22. The third kappa shape index (κ3) is 3.73. The summed E-state index contributed by atoms with van der Waals surface area (Å²) < 4.78 is 26.8. The van der Waals surface area contributed by atoms with Crippen LogP contribution in [0.5, 0.6) is 0 Å². The molecule has 2 amide bonds. The molecule has 1 aromatic carbocycles. The Morgan fingerprint density at radius 2 is 2.16 bits per heavy atom. The van der Waals surface area contributed by atoms with Gasteiger partial charge in [-0.3, -0.25) is 14.6 Å². The van der Waals surface area contributed by atoms with Crippen molar-refractivity contribution in [2.45, 2.75) is 30.2 Å². The number of nitrogens with zero attached hydrogens (tertiary/aromatic N) is 2. The third-order valence-corrected chi connectivity index (χ3v) is 4.50. The molecule has 2 aromatic rings. The van der Waals surface area contributed by atoms with Crippen LogP contribution in [-0.2, 0) is 4.79 Å². The van der Waals surface area contributed by atoms with Gasteiger partial charge in [0.05, 0.1) is 24.2 Å². The molecule has 1 aliphatic heterocycles. The van der Waals surface area contributed by atoms with Crippen molar-refractivity contribution in [3.05, 3.63) is 36.0 Å². The van der Waals surface area contributed by atoms with Crippen LogP contribution in [-0.4, -0.2) is 46.8 Å². The molecule has 8 heteroatoms. The maximum absolute atomic E-state index is 13.4. The second kappa shape index (κ2) is 6.59. The van der Waals surface area contributed by atoms with E-state index in [0.717, 1.165) is 9.80 Å². The Labute approximate surface area is 148 Å². The zero-order chi connectivity index (χ0) is 18.2. The van der Waals surface area contributed by atoms with E-state index in [2.05, 4.69) is 22.9 Å². The second-order valence-electron chi connectivity index (χ2n) is 6.17. The molecule has 5 nitrogen and oxygen atoms in total. The molecular formula is C17H17F2N3O2S. The molecular weight excluding hydrogens is 348 g/mol. The van der Waals surface area contributed by atoms with E-state index in [-0.39, 0.29) is 13.0 Å². The Morgan fingerprint density at radius 1 is 1.40 bits per heavy atom. The molecule has 0 aliphatic carbocycles. The summed E-state index contributed by atoms with van der Waals surface area (Å²) in [5.74, 6) is -3.84. The average Bonchev–Trinajstić information content (AvgIpc) is 2.84. The molecule has 0 bridgehead atoms. The SMILES string of the molecule is CC1CC(F)(F)CN1C(=O)CNC(=O)c1ccnc2cc(S)ccc12. The Bertz CT molecular complexity index is 844. The highest BCUT2D eigenvalue weighted by Gasteiger charge is 2.44. The topological polar surface area (TPSA) is 62.3 Å². The number of amides is 2. The van der Waals surface area contributed by atoms with Crippen LogP contribution in [0.15, 0.2) is 35.4 Å². The summed E-state index contributed by atoms with van der Waals surface area (Å²) in [7, 11) is 0. The number of aromatic nitrogens is 1. The molecule has 1 unspecified atom stereocenters. The molecule has 0 spiro atoms. The van der Waals surface area contributed by atoms with Gasteiger partial charge < -0.3 is 10.2 Å². The van der Waals surface area contributed by atoms with Gasteiger partial charge in [-0.2, -0.15) is 0 Å². The molecule has 1 atom stereocenters. The monoisotopic (exact) mass is 365 g/mol. The molecule has 0 radical (unpaired) electrons. The maximum Gasteiger partial charge on any atom is 0.267 e. The number of halogens is 2. The lowest BCUT2D eigenvalue weighted by Crippen LogP contribution is -2.42. The normalized spacial score (nSPS) is 19.2. The third-order valence-electron chi connectivity index (χ3n) is 4.22. The molecule has 1 aromatic heterocycles. The zero-order valence-corrected chi connectivity index (χ0v) is 14.4. The molecule has 1 aliphatic rings. The van der Waals surface area contributed by atoms with Crippen molar-refractivity contribution in [1.29, 1.82) is 0 Å². The Morgan fingerprint density at radius 3 is 2.84 bits per heavy atom. The van der Waals surface area contributed by atoms with Crippen LogP contribution in [0, 0.1) is 0 Å². The molecule has 25 heavy (non-hydrogen) atoms. The van der Waals surface area contributed by atoms with Crippen molar-refractivity contribution >= 4 is 35.3 Å². The average molecular weight is 365 g/mol. The van der Waals surface area contributed by atoms with Gasteiger partial charge in [0.1, 0.15) is 0 Å². The number of benzene rings is 1. The fourth-order valence-electron chi connectivity index (χ4n) is 3.03. The van der Waals surface area contributed by atoms with Gasteiger partial charge in [-0.1, -0.05) is 6.07 Å². The van der Waals surface area contributed by atoms with E-state index in [0.29, 0.717) is 16.5 Å². The van der Waals surface area contributed by atoms with Gasteiger partial charge in [-0.15, -0.1) is 12.6 Å². The van der Waals surface area contributed by atoms with Gasteiger partial charge in [0.2, 0.25) is 5.91 Å². The summed E-state index contributed by atoms with van der Waals surface area (Å²) in [5.41, 5.74) is 0.977. The molecule has 132 valence electrons. The number of rotatable bonds is 3. The van der Waals surface area contributed by atoms with Crippen molar-refractivity contribution < 1.29 is 18.4 Å². The van der Waals surface area contributed by atoms with E-state index >= 15 is 0 Å². The molecule has 1 fully saturated rings. The first kappa shape index (κ1) is 17.6. The van der Waals surface area contributed by atoms with Crippen LogP contribution >= 0.6 is 12.6 Å². The second-order valence-corrected chi connectivity index (χ2v) is 6.69. The number of alkyl halides is 2. The lowest BCUT2D eigenvalue weighted by Gasteiger charge is -2.21. The van der Waals surface area contributed by atoms with Crippen molar-refractivity contribution in [3.8, 4) is 0 Å². The first-order valence-electron chi connectivity index (χ1n) is 7.80. The highest BCUT2D eigenvalue weighted by molar-refractivity contribution is 7.80. The number of hydrogen-bond acceptors (Lipinski definition) is 4. The van der Waals surface area contributed by atoms with Crippen LogP contribution in [0.3, 0.4) is 0 Å². The van der Waals surface area contributed by atoms with E-state index in [1.165, 1.54) is 6.20 Å². The summed E-state index contributed by atoms with van der Waals surface area (Å²) in [5, 5.41) is 3.14. The van der Waals surface area contributed by atoms with E-state index in [1.54, 1.807) is 31.2 Å². The highest BCUT2D eigenvalue weighted by Crippen LogP contribution is 2.31. The number of hydrogen-bond donors (Lipinski definition) is 2. The minimum atomic E-state index is -2.87. The van der Waals surface area contributed by atoms with Crippen molar-refractivity contribution in [1.82, 2.24) is 15.2 Å². The van der Waals surface area contributed by atoms with Crippen LogP contribution in [0.25, 0.3) is 10.9 Å². The van der Waals surface area contributed by atoms with Crippen molar-refractivity contribution in [2.75, 3.05) is 13.1 Å². The van der Waals surface area contributed by atoms with Gasteiger partial charge in [0.15, 0.2) is 0 Å². The van der Waals surface area contributed by atoms with Crippen molar-refractivity contribution in [3.63, 3.8) is 0 Å². The summed E-state index contributed by atoms with van der Waals surface area (Å²) >= 11 is 4.23. The number of carbonyl (C=O) groups is 2. The number of likely N-dealkylation sites (tertiary alicyclic amines) is 1. The van der Waals surface area contributed by atoms with E-state index in [4.69, 9.17) is 0 Å². The zero-order valence-electron chi connectivity index (χ0n) is 13.5. The summed E-state index contributed by atoms with van der Waals surface area (Å²) in [4.78, 5) is 30.5. The standard InChI is InChI=1S/C17H17F2N3O2S/c1-10-7-17(18,19)9-22(10)15(23)8-21-16(24)13-4-5-20-14-6-11(25)2-3-12(13)14/h2-6,10,25H,7-9H2,1H3,(H,21,24). The van der Waals surface area contributed by atoms with Gasteiger partial charge in [-0.05, 0) is 25.1 Å². The Balaban J connectivity index is 1.70. The quantitative estimate of drug-likeness (QED) is 0.822. The predicted octanol–water partition coefficient (Wildman–Crippen LogP) is 2.51. The minimum Gasteiger partial charge on any atom is -0.343 e. The molecule has 2 heterocycles. The van der Waals surface area contributed by atoms with Gasteiger partial charge in [0, 0.05) is 28.9 Å². The fourth-order valence-corrected chi connectivity index (χ4v) is 3.23. The summed E-state index contributed by atoms with van der Waals surface area (Å²) in [6.07, 6.45) is 1.14. The van der Waals surface area contributed by atoms with Crippen LogP contribution in [0.4, 0.5) is 8.78 Å². The van der Waals surface area contributed by atoms with Crippen LogP contribution in [0.2, 0.25) is 0 Å². The number of carbonyl (C=O) groups excluding carboxylic acids is 2.